The van der Waals surface area contributed by atoms with Gasteiger partial charge in [-0.2, -0.15) is 0 Å². The van der Waals surface area contributed by atoms with E-state index in [9.17, 15) is 9.90 Å². The van der Waals surface area contributed by atoms with Gasteiger partial charge in [0, 0.05) is 30.5 Å². The maximum atomic E-state index is 15.4. The molecule has 1 aromatic carbocycles. The summed E-state index contributed by atoms with van der Waals surface area (Å²) in [5.41, 5.74) is 2.43. The van der Waals surface area contributed by atoms with Crippen molar-refractivity contribution < 1.29 is 19.0 Å². The highest BCUT2D eigenvalue weighted by Crippen LogP contribution is 2.35. The molecule has 4 rings (SSSR count). The predicted octanol–water partition coefficient (Wildman–Crippen LogP) is 4.87. The summed E-state index contributed by atoms with van der Waals surface area (Å²) in [6.45, 7) is 2.26. The van der Waals surface area contributed by atoms with Gasteiger partial charge in [-0.15, -0.1) is 0 Å². The Bertz CT molecular complexity index is 1110. The van der Waals surface area contributed by atoms with Crippen LogP contribution in [-0.4, -0.2) is 57.7 Å². The van der Waals surface area contributed by atoms with E-state index in [0.717, 1.165) is 55.2 Å². The van der Waals surface area contributed by atoms with Crippen molar-refractivity contribution in [1.29, 1.82) is 0 Å². The maximum Gasteiger partial charge on any atom is 0.308 e. The number of pyridine rings is 1. The van der Waals surface area contributed by atoms with Crippen LogP contribution in [0.25, 0.3) is 10.9 Å². The summed E-state index contributed by atoms with van der Waals surface area (Å²) in [5.74, 6) is -0.608. The van der Waals surface area contributed by atoms with Crippen LogP contribution in [0, 0.1) is 11.8 Å². The number of carboxylic acid groups (broad SMARTS) is 1. The molecule has 0 aliphatic carbocycles. The summed E-state index contributed by atoms with van der Waals surface area (Å²) in [5, 5.41) is 10.6. The van der Waals surface area contributed by atoms with Crippen LogP contribution in [0.2, 0.25) is 0 Å². The molecule has 0 bridgehead atoms. The number of unbranched alkanes of at least 4 members (excludes halogenated alkanes) is 1. The van der Waals surface area contributed by atoms with Crippen molar-refractivity contribution in [1.82, 2.24) is 19.9 Å². The summed E-state index contributed by atoms with van der Waals surface area (Å²) < 4.78 is 20.7. The second kappa shape index (κ2) is 12.0. The Hall–Kier alpha value is -3.13. The minimum Gasteiger partial charge on any atom is -0.497 e. The van der Waals surface area contributed by atoms with Crippen molar-refractivity contribution in [2.75, 3.05) is 26.7 Å². The maximum absolute atomic E-state index is 15.4. The van der Waals surface area contributed by atoms with Crippen LogP contribution in [0.5, 0.6) is 5.75 Å². The molecule has 8 heteroatoms. The number of aromatic nitrogens is 3. The Morgan fingerprint density at radius 2 is 2.09 bits per heavy atom. The first kappa shape index (κ1) is 25.0. The number of ether oxygens (including phenoxy) is 1. The molecule has 0 radical (unpaired) electrons. The van der Waals surface area contributed by atoms with Gasteiger partial charge in [0.2, 0.25) is 0 Å². The molecule has 35 heavy (non-hydrogen) atoms. The summed E-state index contributed by atoms with van der Waals surface area (Å²) in [4.78, 5) is 26.7. The highest BCUT2D eigenvalue weighted by molar-refractivity contribution is 5.83. The first-order valence-electron chi connectivity index (χ1n) is 12.3. The van der Waals surface area contributed by atoms with E-state index in [4.69, 9.17) is 4.74 Å². The molecule has 3 heterocycles. The van der Waals surface area contributed by atoms with Crippen LogP contribution in [0.15, 0.2) is 49.2 Å². The lowest BCUT2D eigenvalue weighted by molar-refractivity contribution is -0.146. The number of rotatable bonds is 11. The number of nitrogens with zero attached hydrogens (tertiary/aromatic N) is 4. The fourth-order valence-corrected chi connectivity index (χ4v) is 5.08. The van der Waals surface area contributed by atoms with E-state index in [1.54, 1.807) is 19.4 Å². The lowest BCUT2D eigenvalue weighted by Gasteiger charge is -2.37. The van der Waals surface area contributed by atoms with Crippen LogP contribution in [0.3, 0.4) is 0 Å². The van der Waals surface area contributed by atoms with Gasteiger partial charge in [0.1, 0.15) is 18.2 Å². The molecule has 2 aromatic heterocycles. The first-order valence-corrected chi connectivity index (χ1v) is 12.3. The number of hydrogen-bond acceptors (Lipinski definition) is 6. The van der Waals surface area contributed by atoms with Gasteiger partial charge >= 0.3 is 5.97 Å². The molecule has 1 aliphatic rings. The molecule has 1 saturated heterocycles. The summed E-state index contributed by atoms with van der Waals surface area (Å²) in [6.07, 6.45) is 10.2. The van der Waals surface area contributed by atoms with Crippen molar-refractivity contribution in [2.24, 2.45) is 11.8 Å². The Balaban J connectivity index is 1.30. The molecule has 3 aromatic rings. The van der Waals surface area contributed by atoms with Crippen LogP contribution >= 0.6 is 0 Å². The fraction of sp³-hybridized carbons (Fsp3) is 0.481. The summed E-state index contributed by atoms with van der Waals surface area (Å²) >= 11 is 0. The van der Waals surface area contributed by atoms with Crippen molar-refractivity contribution in [3.8, 4) is 5.75 Å². The zero-order chi connectivity index (χ0) is 24.6. The topological polar surface area (TPSA) is 88.4 Å². The quantitative estimate of drug-likeness (QED) is 0.392. The zero-order valence-electron chi connectivity index (χ0n) is 20.1. The first-order chi connectivity index (χ1) is 17.0. The van der Waals surface area contributed by atoms with Gasteiger partial charge in [0.15, 0.2) is 0 Å². The van der Waals surface area contributed by atoms with Crippen molar-refractivity contribution >= 4 is 16.9 Å². The van der Waals surface area contributed by atoms with E-state index < -0.39 is 18.1 Å². The molecule has 1 N–H and O–H groups in total. The number of halogens is 1. The lowest BCUT2D eigenvalue weighted by atomic mass is 9.81. The third-order valence-corrected chi connectivity index (χ3v) is 7.07. The van der Waals surface area contributed by atoms with Gasteiger partial charge in [-0.1, -0.05) is 0 Å². The Morgan fingerprint density at radius 3 is 2.86 bits per heavy atom. The number of aliphatic carboxylic acids is 1. The highest BCUT2D eigenvalue weighted by atomic mass is 19.1. The molecule has 3 atom stereocenters. The van der Waals surface area contributed by atoms with Gasteiger partial charge < -0.3 is 14.7 Å². The third kappa shape index (κ3) is 6.51. The smallest absolute Gasteiger partial charge is 0.308 e. The molecule has 0 saturated carbocycles. The SMILES string of the molecule is COc1ccc2nccc(C(F)CC[C@@H]3CCN(CCCCc4cncnc4)C[C@@H]3C(=O)O)c2c1. The van der Waals surface area contributed by atoms with Gasteiger partial charge in [0.05, 0.1) is 18.5 Å². The summed E-state index contributed by atoms with van der Waals surface area (Å²) in [7, 11) is 1.58. The number of likely N-dealkylation sites (tertiary alicyclic amines) is 1. The lowest BCUT2D eigenvalue weighted by Crippen LogP contribution is -2.44. The number of hydrogen-bond donors (Lipinski definition) is 1. The zero-order valence-corrected chi connectivity index (χ0v) is 20.1. The number of alkyl halides is 1. The molecule has 186 valence electrons. The number of aryl methyl sites for hydroxylation is 1. The van der Waals surface area contributed by atoms with Crippen molar-refractivity contribution in [2.45, 2.75) is 44.7 Å². The average Bonchev–Trinajstić information content (AvgIpc) is 2.89. The van der Waals surface area contributed by atoms with E-state index >= 15 is 4.39 Å². The Labute approximate surface area is 205 Å². The van der Waals surface area contributed by atoms with E-state index in [1.807, 2.05) is 30.6 Å². The van der Waals surface area contributed by atoms with E-state index in [1.165, 1.54) is 6.33 Å². The number of methoxy groups -OCH3 is 1. The number of piperidine rings is 1. The molecule has 0 spiro atoms. The van der Waals surface area contributed by atoms with E-state index in [0.29, 0.717) is 30.7 Å². The van der Waals surface area contributed by atoms with Gasteiger partial charge in [0.25, 0.3) is 0 Å². The van der Waals surface area contributed by atoms with Crippen LogP contribution in [0.4, 0.5) is 4.39 Å². The van der Waals surface area contributed by atoms with Crippen LogP contribution < -0.4 is 4.74 Å². The summed E-state index contributed by atoms with van der Waals surface area (Å²) in [6, 6.07) is 7.17. The predicted molar refractivity (Wildman–Crippen MR) is 132 cm³/mol. The second-order valence-corrected chi connectivity index (χ2v) is 9.33. The van der Waals surface area contributed by atoms with Gasteiger partial charge in [-0.05, 0) is 92.9 Å². The largest absolute Gasteiger partial charge is 0.497 e. The molecular weight excluding hydrogens is 447 g/mol. The molecule has 1 unspecified atom stereocenters. The standard InChI is InChI=1S/C27H33FN4O3/c1-35-21-6-8-26-23(14-21)22(9-11-31-26)25(28)7-5-20-10-13-32(17-24(20)27(33)34)12-3-2-4-19-15-29-18-30-16-19/h6,8-9,11,14-16,18,20,24-25H,2-5,7,10,12-13,17H2,1H3,(H,33,34)/t20-,24+,25?/m1/s1. The molecule has 1 fully saturated rings. The third-order valence-electron chi connectivity index (χ3n) is 7.07. The van der Waals surface area contributed by atoms with Gasteiger partial charge in [-0.25, -0.2) is 14.4 Å². The minimum atomic E-state index is -1.18. The Kier molecular flexibility index (Phi) is 8.58. The van der Waals surface area contributed by atoms with Crippen LogP contribution in [0.1, 0.15) is 49.4 Å². The molecule has 0 amide bonds. The number of benzene rings is 1. The van der Waals surface area contributed by atoms with Crippen molar-refractivity contribution in [3.63, 3.8) is 0 Å². The second-order valence-electron chi connectivity index (χ2n) is 9.33. The number of carbonyl (C=O) groups is 1. The minimum absolute atomic E-state index is 0.0221. The monoisotopic (exact) mass is 480 g/mol. The molecular formula is C27H33FN4O3. The highest BCUT2D eigenvalue weighted by Gasteiger charge is 2.34. The van der Waals surface area contributed by atoms with E-state index in [2.05, 4.69) is 19.9 Å². The van der Waals surface area contributed by atoms with Crippen LogP contribution in [-0.2, 0) is 11.2 Å². The van der Waals surface area contributed by atoms with E-state index in [-0.39, 0.29) is 5.92 Å². The fourth-order valence-electron chi connectivity index (χ4n) is 5.08. The normalized spacial score (nSPS) is 19.5. The molecule has 1 aliphatic heterocycles. The Morgan fingerprint density at radius 1 is 1.26 bits per heavy atom. The van der Waals surface area contributed by atoms with Gasteiger partial charge in [-0.3, -0.25) is 9.78 Å². The average molecular weight is 481 g/mol. The molecule has 7 nitrogen and oxygen atoms in total. The van der Waals surface area contributed by atoms with Crippen molar-refractivity contribution in [3.05, 3.63) is 60.3 Å². The number of carboxylic acids is 1. The number of fused-ring (bicyclic) bond motifs is 1.